The van der Waals surface area contributed by atoms with Gasteiger partial charge in [-0.15, -0.1) is 0 Å². The van der Waals surface area contributed by atoms with Crippen LogP contribution in [-0.4, -0.2) is 17.3 Å². The molecular weight excluding hydrogens is 404 g/mol. The van der Waals surface area contributed by atoms with E-state index < -0.39 is 0 Å². The van der Waals surface area contributed by atoms with Crippen molar-refractivity contribution in [3.63, 3.8) is 0 Å². The van der Waals surface area contributed by atoms with Crippen molar-refractivity contribution < 1.29 is 9.84 Å². The minimum Gasteiger partial charge on any atom is -0.489 e. The highest BCUT2D eigenvalue weighted by atomic mass is 16.5. The van der Waals surface area contributed by atoms with Gasteiger partial charge >= 0.3 is 0 Å². The number of ether oxygens (including phenoxy) is 1. The molecule has 0 amide bonds. The van der Waals surface area contributed by atoms with Crippen LogP contribution in [0, 0.1) is 10.8 Å². The molecule has 2 aromatic carbocycles. The Bertz CT molecular complexity index is 1030. The Morgan fingerprint density at radius 1 is 0.788 bits per heavy atom. The summed E-state index contributed by atoms with van der Waals surface area (Å²) in [6.45, 7) is 22.8. The van der Waals surface area contributed by atoms with Crippen LogP contribution in [0.3, 0.4) is 0 Å². The quantitative estimate of drug-likeness (QED) is 0.509. The molecule has 4 rings (SSSR count). The average Bonchev–Trinajstić information content (AvgIpc) is 2.87. The zero-order valence-corrected chi connectivity index (χ0v) is 22.4. The van der Waals surface area contributed by atoms with Crippen LogP contribution in [0.5, 0.6) is 5.75 Å². The van der Waals surface area contributed by atoms with Crippen molar-refractivity contribution in [1.29, 1.82) is 0 Å². The van der Waals surface area contributed by atoms with Crippen molar-refractivity contribution in [1.82, 2.24) is 0 Å². The number of fused-ring (bicyclic) bond motifs is 2. The summed E-state index contributed by atoms with van der Waals surface area (Å²) in [5, 5.41) is 11.2. The van der Waals surface area contributed by atoms with Crippen LogP contribution in [-0.2, 0) is 10.8 Å². The smallest absolute Gasteiger partial charge is 0.120 e. The first-order valence-corrected chi connectivity index (χ1v) is 12.6. The van der Waals surface area contributed by atoms with Gasteiger partial charge in [-0.05, 0) is 57.1 Å². The molecule has 4 unspecified atom stereocenters. The van der Waals surface area contributed by atoms with Crippen LogP contribution in [0.25, 0.3) is 0 Å². The lowest BCUT2D eigenvalue weighted by atomic mass is 9.61. The van der Waals surface area contributed by atoms with Crippen LogP contribution >= 0.6 is 0 Å². The van der Waals surface area contributed by atoms with E-state index in [1.165, 1.54) is 22.3 Å². The molecule has 0 saturated carbocycles. The molecule has 2 aromatic rings. The fourth-order valence-corrected chi connectivity index (χ4v) is 6.86. The maximum atomic E-state index is 11.2. The van der Waals surface area contributed by atoms with Crippen molar-refractivity contribution in [2.24, 2.45) is 10.8 Å². The summed E-state index contributed by atoms with van der Waals surface area (Å²) < 4.78 is 6.96. The molecule has 0 aromatic heterocycles. The number of rotatable bonds is 2. The van der Waals surface area contributed by atoms with Crippen LogP contribution in [0.2, 0.25) is 0 Å². The summed E-state index contributed by atoms with van der Waals surface area (Å²) in [4.78, 5) is 0. The van der Waals surface area contributed by atoms with Crippen molar-refractivity contribution in [2.75, 3.05) is 0 Å². The molecule has 2 aliphatic rings. The minimum absolute atomic E-state index is 0.0277. The summed E-state index contributed by atoms with van der Waals surface area (Å²) in [5.41, 5.74) is 5.33. The fourth-order valence-electron chi connectivity index (χ4n) is 6.86. The van der Waals surface area contributed by atoms with Gasteiger partial charge in [-0.3, -0.25) is 0 Å². The SMILES string of the molecule is CC1(C)CC(O)C(C(C)(C)C)c2cc(OC3C(C(C)(C)C)c4ccccc4C3(C)C)ccc21. The van der Waals surface area contributed by atoms with E-state index in [0.717, 1.165) is 12.2 Å². The van der Waals surface area contributed by atoms with E-state index in [2.05, 4.69) is 112 Å². The Kier molecular flexibility index (Phi) is 5.60. The lowest BCUT2D eigenvalue weighted by Crippen LogP contribution is -2.42. The molecule has 4 atom stereocenters. The second kappa shape index (κ2) is 7.60. The molecule has 33 heavy (non-hydrogen) atoms. The highest BCUT2D eigenvalue weighted by molar-refractivity contribution is 5.48. The van der Waals surface area contributed by atoms with Crippen LogP contribution < -0.4 is 4.74 Å². The predicted octanol–water partition coefficient (Wildman–Crippen LogP) is 7.73. The van der Waals surface area contributed by atoms with E-state index in [4.69, 9.17) is 4.74 Å². The molecule has 2 aliphatic carbocycles. The molecule has 0 saturated heterocycles. The summed E-state index contributed by atoms with van der Waals surface area (Å²) >= 11 is 0. The number of benzene rings is 2. The molecule has 0 fully saturated rings. The van der Waals surface area contributed by atoms with E-state index >= 15 is 0 Å². The number of aliphatic hydroxyl groups is 1. The molecule has 180 valence electrons. The van der Waals surface area contributed by atoms with Gasteiger partial charge < -0.3 is 9.84 Å². The zero-order chi connectivity index (χ0) is 24.6. The Morgan fingerprint density at radius 3 is 2.00 bits per heavy atom. The van der Waals surface area contributed by atoms with Gasteiger partial charge in [-0.25, -0.2) is 0 Å². The van der Waals surface area contributed by atoms with Gasteiger partial charge in [0, 0.05) is 17.3 Å². The van der Waals surface area contributed by atoms with Crippen molar-refractivity contribution >= 4 is 0 Å². The normalized spacial score (nSPS) is 28.2. The van der Waals surface area contributed by atoms with Gasteiger partial charge in [0.1, 0.15) is 11.9 Å². The maximum Gasteiger partial charge on any atom is 0.120 e. The van der Waals surface area contributed by atoms with Gasteiger partial charge in [0.05, 0.1) is 6.10 Å². The Labute approximate surface area is 201 Å². The van der Waals surface area contributed by atoms with Crippen LogP contribution in [0.1, 0.15) is 110 Å². The summed E-state index contributed by atoms with van der Waals surface area (Å²) in [5.74, 6) is 1.32. The second-order valence-electron chi connectivity index (χ2n) is 13.9. The van der Waals surface area contributed by atoms with E-state index in [1.807, 2.05) is 0 Å². The third-order valence-corrected chi connectivity index (χ3v) is 8.32. The van der Waals surface area contributed by atoms with Gasteiger partial charge in [-0.1, -0.05) is 99.6 Å². The minimum atomic E-state index is -0.350. The lowest BCUT2D eigenvalue weighted by Gasteiger charge is -2.46. The molecule has 0 radical (unpaired) electrons. The Morgan fingerprint density at radius 2 is 1.39 bits per heavy atom. The third-order valence-electron chi connectivity index (χ3n) is 8.32. The third kappa shape index (κ3) is 4.03. The van der Waals surface area contributed by atoms with Crippen molar-refractivity contribution in [3.8, 4) is 5.75 Å². The zero-order valence-electron chi connectivity index (χ0n) is 22.4. The second-order valence-corrected chi connectivity index (χ2v) is 13.9. The lowest BCUT2D eigenvalue weighted by molar-refractivity contribution is 0.0517. The van der Waals surface area contributed by atoms with Crippen molar-refractivity contribution in [2.45, 2.75) is 111 Å². The topological polar surface area (TPSA) is 29.5 Å². The van der Waals surface area contributed by atoms with Gasteiger partial charge in [0.2, 0.25) is 0 Å². The van der Waals surface area contributed by atoms with Crippen LogP contribution in [0.4, 0.5) is 0 Å². The highest BCUT2D eigenvalue weighted by Crippen LogP contribution is 2.55. The van der Waals surface area contributed by atoms with E-state index in [9.17, 15) is 5.11 Å². The first-order chi connectivity index (χ1) is 15.0. The molecular formula is C31H44O2. The predicted molar refractivity (Wildman–Crippen MR) is 138 cm³/mol. The maximum absolute atomic E-state index is 11.2. The Balaban J connectivity index is 1.80. The summed E-state index contributed by atoms with van der Waals surface area (Å²) in [7, 11) is 0. The van der Waals surface area contributed by atoms with Gasteiger partial charge in [0.25, 0.3) is 0 Å². The summed E-state index contributed by atoms with van der Waals surface area (Å²) in [6, 6.07) is 15.5. The Hall–Kier alpha value is -1.80. The fraction of sp³-hybridized carbons (Fsp3) is 0.613. The molecule has 0 bridgehead atoms. The molecule has 0 aliphatic heterocycles. The molecule has 0 heterocycles. The highest BCUT2D eigenvalue weighted by Gasteiger charge is 2.52. The standard InChI is InChI=1S/C31H44O2/c1-28(2,3)25-21-17-19(15-16-22(21)30(7,8)18-24(25)32)33-27-26(29(4,5)6)20-13-11-12-14-23(20)31(27,9)10/h11-17,24-27,32H,18H2,1-10H3. The molecule has 2 nitrogen and oxygen atoms in total. The summed E-state index contributed by atoms with van der Waals surface area (Å²) in [6.07, 6.45) is 0.485. The number of hydrogen-bond acceptors (Lipinski definition) is 2. The monoisotopic (exact) mass is 448 g/mol. The largest absolute Gasteiger partial charge is 0.489 e. The van der Waals surface area contributed by atoms with E-state index in [-0.39, 0.29) is 39.8 Å². The van der Waals surface area contributed by atoms with Gasteiger partial charge in [-0.2, -0.15) is 0 Å². The molecule has 0 spiro atoms. The molecule has 2 heteroatoms. The van der Waals surface area contributed by atoms with Crippen LogP contribution in [0.15, 0.2) is 42.5 Å². The van der Waals surface area contributed by atoms with E-state index in [1.54, 1.807) is 0 Å². The number of aliphatic hydroxyl groups excluding tert-OH is 1. The first-order valence-electron chi connectivity index (χ1n) is 12.6. The average molecular weight is 449 g/mol. The first kappa shape index (κ1) is 24.3. The number of hydrogen-bond donors (Lipinski definition) is 1. The van der Waals surface area contributed by atoms with Gasteiger partial charge in [0.15, 0.2) is 0 Å². The van der Waals surface area contributed by atoms with Crippen molar-refractivity contribution in [3.05, 3.63) is 64.7 Å². The van der Waals surface area contributed by atoms with E-state index in [0.29, 0.717) is 5.92 Å². The molecule has 1 N–H and O–H groups in total.